The number of ether oxygens (including phenoxy) is 2. The second kappa shape index (κ2) is 5.45. The van der Waals surface area contributed by atoms with Gasteiger partial charge in [0.1, 0.15) is 0 Å². The molecule has 0 aromatic carbocycles. The van der Waals surface area contributed by atoms with Crippen molar-refractivity contribution in [2.24, 2.45) is 5.73 Å². The third kappa shape index (κ3) is 2.87. The molecule has 2 saturated heterocycles. The van der Waals surface area contributed by atoms with Crippen LogP contribution in [0.3, 0.4) is 0 Å². The molecule has 106 valence electrons. The topological polar surface area (TPSA) is 47.7 Å². The minimum absolute atomic E-state index is 0.0551. The third-order valence-corrected chi connectivity index (χ3v) is 4.46. The van der Waals surface area contributed by atoms with E-state index in [1.165, 1.54) is 0 Å². The lowest BCUT2D eigenvalue weighted by atomic mass is 9.82. The van der Waals surface area contributed by atoms with Crippen LogP contribution in [0.25, 0.3) is 0 Å². The molecule has 4 nitrogen and oxygen atoms in total. The minimum Gasteiger partial charge on any atom is -0.378 e. The predicted molar refractivity (Wildman–Crippen MR) is 72.7 cm³/mol. The number of hydrogen-bond acceptors (Lipinski definition) is 4. The Morgan fingerprint density at radius 3 is 2.72 bits per heavy atom. The second-order valence-electron chi connectivity index (χ2n) is 6.31. The Balaban J connectivity index is 2.11. The van der Waals surface area contributed by atoms with E-state index in [2.05, 4.69) is 25.7 Å². The summed E-state index contributed by atoms with van der Waals surface area (Å²) in [5, 5.41) is 0. The molecule has 0 bridgehead atoms. The molecule has 2 atom stereocenters. The van der Waals surface area contributed by atoms with Gasteiger partial charge in [0.2, 0.25) is 0 Å². The zero-order valence-electron chi connectivity index (χ0n) is 12.1. The molecule has 2 N–H and O–H groups in total. The highest BCUT2D eigenvalue weighted by Crippen LogP contribution is 2.34. The van der Waals surface area contributed by atoms with E-state index in [9.17, 15) is 0 Å². The lowest BCUT2D eigenvalue weighted by molar-refractivity contribution is -0.144. The SMILES string of the molecule is CCC1CC(CN)(N2CCOC(C)(C)C2)CCO1. The van der Waals surface area contributed by atoms with Crippen LogP contribution in [-0.2, 0) is 9.47 Å². The summed E-state index contributed by atoms with van der Waals surface area (Å²) >= 11 is 0. The van der Waals surface area contributed by atoms with E-state index < -0.39 is 0 Å². The van der Waals surface area contributed by atoms with Gasteiger partial charge in [0.25, 0.3) is 0 Å². The standard InChI is InChI=1S/C14H28N2O2/c1-4-12-9-14(10-15,5-7-17-12)16-6-8-18-13(2,3)11-16/h12H,4-11,15H2,1-3H3. The first-order valence-electron chi connectivity index (χ1n) is 7.22. The summed E-state index contributed by atoms with van der Waals surface area (Å²) in [6, 6.07) is 0. The molecule has 0 spiro atoms. The van der Waals surface area contributed by atoms with E-state index in [0.29, 0.717) is 6.10 Å². The van der Waals surface area contributed by atoms with Crippen molar-refractivity contribution >= 4 is 0 Å². The van der Waals surface area contributed by atoms with Crippen LogP contribution in [0.2, 0.25) is 0 Å². The molecule has 18 heavy (non-hydrogen) atoms. The van der Waals surface area contributed by atoms with Gasteiger partial charge in [0.15, 0.2) is 0 Å². The minimum atomic E-state index is -0.0551. The molecule has 0 aromatic heterocycles. The molecule has 2 rings (SSSR count). The van der Waals surface area contributed by atoms with E-state index in [-0.39, 0.29) is 11.1 Å². The summed E-state index contributed by atoms with van der Waals surface area (Å²) in [7, 11) is 0. The largest absolute Gasteiger partial charge is 0.378 e. The molecule has 2 aliphatic heterocycles. The summed E-state index contributed by atoms with van der Waals surface area (Å²) in [6.45, 7) is 10.9. The Morgan fingerprint density at radius 1 is 1.33 bits per heavy atom. The monoisotopic (exact) mass is 256 g/mol. The van der Waals surface area contributed by atoms with Crippen LogP contribution < -0.4 is 5.73 Å². The Labute approximate surface area is 111 Å². The first kappa shape index (κ1) is 14.3. The number of morpholine rings is 1. The van der Waals surface area contributed by atoms with Crippen LogP contribution in [0.5, 0.6) is 0 Å². The molecule has 0 radical (unpaired) electrons. The second-order valence-corrected chi connectivity index (χ2v) is 6.31. The summed E-state index contributed by atoms with van der Waals surface area (Å²) in [5.41, 5.74) is 6.21. The quantitative estimate of drug-likeness (QED) is 0.829. The van der Waals surface area contributed by atoms with Crippen LogP contribution in [0.4, 0.5) is 0 Å². The van der Waals surface area contributed by atoms with Gasteiger partial charge < -0.3 is 15.2 Å². The summed E-state index contributed by atoms with van der Waals surface area (Å²) in [4.78, 5) is 2.56. The normalized spacial score (nSPS) is 37.7. The molecular formula is C14H28N2O2. The zero-order chi connectivity index (χ0) is 13.2. The van der Waals surface area contributed by atoms with Crippen LogP contribution in [0, 0.1) is 0 Å². The molecule has 2 aliphatic rings. The van der Waals surface area contributed by atoms with Crippen molar-refractivity contribution in [1.29, 1.82) is 0 Å². The van der Waals surface area contributed by atoms with Crippen LogP contribution in [0.15, 0.2) is 0 Å². The maximum atomic E-state index is 6.14. The molecule has 0 saturated carbocycles. The average Bonchev–Trinajstić information content (AvgIpc) is 2.37. The lowest BCUT2D eigenvalue weighted by Crippen LogP contribution is -2.64. The Hall–Kier alpha value is -0.160. The van der Waals surface area contributed by atoms with Crippen molar-refractivity contribution in [1.82, 2.24) is 4.90 Å². The van der Waals surface area contributed by atoms with Gasteiger partial charge in [-0.15, -0.1) is 0 Å². The molecule has 0 aromatic rings. The Bertz CT molecular complexity index is 283. The third-order valence-electron chi connectivity index (χ3n) is 4.46. The van der Waals surface area contributed by atoms with Gasteiger partial charge in [-0.25, -0.2) is 0 Å². The van der Waals surface area contributed by atoms with Gasteiger partial charge in [-0.1, -0.05) is 6.92 Å². The van der Waals surface area contributed by atoms with Gasteiger partial charge in [-0.3, -0.25) is 4.90 Å². The summed E-state index contributed by atoms with van der Waals surface area (Å²) < 4.78 is 11.6. The number of hydrogen-bond donors (Lipinski definition) is 1. The van der Waals surface area contributed by atoms with Crippen molar-refractivity contribution in [3.8, 4) is 0 Å². The van der Waals surface area contributed by atoms with Crippen molar-refractivity contribution < 1.29 is 9.47 Å². The first-order valence-corrected chi connectivity index (χ1v) is 7.22. The van der Waals surface area contributed by atoms with Crippen LogP contribution in [0.1, 0.15) is 40.0 Å². The van der Waals surface area contributed by atoms with E-state index in [4.69, 9.17) is 15.2 Å². The maximum absolute atomic E-state index is 6.14. The number of nitrogens with zero attached hydrogens (tertiary/aromatic N) is 1. The molecular weight excluding hydrogens is 228 g/mol. The van der Waals surface area contributed by atoms with E-state index in [0.717, 1.165) is 52.1 Å². The van der Waals surface area contributed by atoms with Crippen LogP contribution >= 0.6 is 0 Å². The Kier molecular flexibility index (Phi) is 4.32. The molecule has 2 unspecified atom stereocenters. The van der Waals surface area contributed by atoms with E-state index in [1.807, 2.05) is 0 Å². The molecule has 2 heterocycles. The zero-order valence-corrected chi connectivity index (χ0v) is 12.1. The summed E-state index contributed by atoms with van der Waals surface area (Å²) in [5.74, 6) is 0. The highest BCUT2D eigenvalue weighted by atomic mass is 16.5. The smallest absolute Gasteiger partial charge is 0.0753 e. The molecule has 0 aliphatic carbocycles. The van der Waals surface area contributed by atoms with Crippen LogP contribution in [-0.4, -0.2) is 55.0 Å². The highest BCUT2D eigenvalue weighted by Gasteiger charge is 2.43. The maximum Gasteiger partial charge on any atom is 0.0753 e. The fourth-order valence-corrected chi connectivity index (χ4v) is 3.29. The number of rotatable bonds is 3. The predicted octanol–water partition coefficient (Wildman–Crippen LogP) is 1.38. The highest BCUT2D eigenvalue weighted by molar-refractivity contribution is 4.99. The fraction of sp³-hybridized carbons (Fsp3) is 1.00. The van der Waals surface area contributed by atoms with Crippen molar-refractivity contribution in [2.75, 3.05) is 32.8 Å². The van der Waals surface area contributed by atoms with Gasteiger partial charge in [0.05, 0.1) is 18.3 Å². The van der Waals surface area contributed by atoms with Gasteiger partial charge >= 0.3 is 0 Å². The van der Waals surface area contributed by atoms with Crippen molar-refractivity contribution in [3.05, 3.63) is 0 Å². The Morgan fingerprint density at radius 2 is 2.11 bits per heavy atom. The molecule has 2 fully saturated rings. The number of nitrogens with two attached hydrogens (primary N) is 1. The van der Waals surface area contributed by atoms with Crippen molar-refractivity contribution in [2.45, 2.75) is 57.3 Å². The van der Waals surface area contributed by atoms with Gasteiger partial charge in [-0.2, -0.15) is 0 Å². The van der Waals surface area contributed by atoms with Gasteiger partial charge in [0, 0.05) is 31.8 Å². The van der Waals surface area contributed by atoms with E-state index in [1.54, 1.807) is 0 Å². The van der Waals surface area contributed by atoms with Crippen molar-refractivity contribution in [3.63, 3.8) is 0 Å². The fourth-order valence-electron chi connectivity index (χ4n) is 3.29. The molecule has 4 heteroatoms. The lowest BCUT2D eigenvalue weighted by Gasteiger charge is -2.52. The summed E-state index contributed by atoms with van der Waals surface area (Å²) in [6.07, 6.45) is 3.56. The van der Waals surface area contributed by atoms with Gasteiger partial charge in [-0.05, 0) is 33.1 Å². The first-order chi connectivity index (χ1) is 8.51. The van der Waals surface area contributed by atoms with E-state index >= 15 is 0 Å². The molecule has 0 amide bonds. The average molecular weight is 256 g/mol.